The van der Waals surface area contributed by atoms with Crippen LogP contribution in [-0.2, 0) is 4.74 Å². The quantitative estimate of drug-likeness (QED) is 0.573. The van der Waals surface area contributed by atoms with E-state index in [0.717, 1.165) is 18.4 Å². The highest BCUT2D eigenvalue weighted by atomic mass is 16.5. The van der Waals surface area contributed by atoms with Crippen LogP contribution in [0.25, 0.3) is 0 Å². The molecule has 2 fully saturated rings. The first-order valence-electron chi connectivity index (χ1n) is 9.77. The second-order valence-corrected chi connectivity index (χ2v) is 7.19. The van der Waals surface area contributed by atoms with Gasteiger partial charge < -0.3 is 4.74 Å². The van der Waals surface area contributed by atoms with Gasteiger partial charge in [0.2, 0.25) is 0 Å². The predicted octanol–water partition coefficient (Wildman–Crippen LogP) is 5.91. The summed E-state index contributed by atoms with van der Waals surface area (Å²) in [5.41, 5.74) is 0. The third kappa shape index (κ3) is 6.96. The van der Waals surface area contributed by atoms with E-state index >= 15 is 0 Å². The summed E-state index contributed by atoms with van der Waals surface area (Å²) in [7, 11) is 0. The average Bonchev–Trinajstić information content (AvgIpc) is 2.60. The summed E-state index contributed by atoms with van der Waals surface area (Å²) in [4.78, 5) is 0. The molecule has 2 aliphatic carbocycles. The van der Waals surface area contributed by atoms with Gasteiger partial charge in [0, 0.05) is 6.61 Å². The highest BCUT2D eigenvalue weighted by Crippen LogP contribution is 2.31. The molecule has 1 heteroatoms. The van der Waals surface area contributed by atoms with Gasteiger partial charge in [-0.15, -0.1) is 0 Å². The minimum absolute atomic E-state index is 0.501. The van der Waals surface area contributed by atoms with Crippen LogP contribution in [-0.4, -0.2) is 12.7 Å². The maximum atomic E-state index is 5.70. The Labute approximate surface area is 143 Å². The van der Waals surface area contributed by atoms with Crippen molar-refractivity contribution in [2.24, 2.45) is 17.8 Å². The van der Waals surface area contributed by atoms with E-state index in [1.54, 1.807) is 0 Å². The lowest BCUT2D eigenvalue weighted by Crippen LogP contribution is -2.20. The molecule has 23 heavy (non-hydrogen) atoms. The first kappa shape index (κ1) is 18.3. The van der Waals surface area contributed by atoms with Crippen LogP contribution >= 0.6 is 0 Å². The highest BCUT2D eigenvalue weighted by Gasteiger charge is 2.19. The van der Waals surface area contributed by atoms with Gasteiger partial charge in [0.1, 0.15) is 0 Å². The fraction of sp³-hybridized carbons (Fsp3) is 0.727. The monoisotopic (exact) mass is 314 g/mol. The molecule has 0 aromatic rings. The number of ether oxygens (including phenoxy) is 1. The van der Waals surface area contributed by atoms with Crippen LogP contribution in [0.4, 0.5) is 0 Å². The van der Waals surface area contributed by atoms with Crippen molar-refractivity contribution < 1.29 is 4.74 Å². The molecule has 2 saturated carbocycles. The van der Waals surface area contributed by atoms with Crippen molar-refractivity contribution in [1.29, 1.82) is 0 Å². The first-order chi connectivity index (χ1) is 11.3. The third-order valence-corrected chi connectivity index (χ3v) is 5.58. The molecule has 1 nitrogen and oxygen atoms in total. The lowest BCUT2D eigenvalue weighted by Gasteiger charge is -2.26. The van der Waals surface area contributed by atoms with Crippen LogP contribution in [0.5, 0.6) is 0 Å². The molecular formula is C22H34O. The molecule has 0 atom stereocenters. The van der Waals surface area contributed by atoms with Gasteiger partial charge in [0.05, 0.1) is 6.10 Å². The van der Waals surface area contributed by atoms with Crippen molar-refractivity contribution in [3.05, 3.63) is 24.3 Å². The fourth-order valence-electron chi connectivity index (χ4n) is 3.94. The van der Waals surface area contributed by atoms with Gasteiger partial charge in [0.15, 0.2) is 0 Å². The van der Waals surface area contributed by atoms with E-state index in [-0.39, 0.29) is 0 Å². The van der Waals surface area contributed by atoms with E-state index in [1.807, 2.05) is 0 Å². The molecule has 0 aromatic heterocycles. The maximum Gasteiger partial charge on any atom is 0.0575 e. The zero-order valence-corrected chi connectivity index (χ0v) is 15.1. The van der Waals surface area contributed by atoms with E-state index in [1.165, 1.54) is 57.8 Å². The second-order valence-electron chi connectivity index (χ2n) is 7.19. The van der Waals surface area contributed by atoms with Crippen molar-refractivity contribution >= 4 is 0 Å². The highest BCUT2D eigenvalue weighted by molar-refractivity contribution is 5.24. The zero-order chi connectivity index (χ0) is 16.3. The van der Waals surface area contributed by atoms with Gasteiger partial charge in [-0.1, -0.05) is 37.3 Å². The molecule has 0 amide bonds. The van der Waals surface area contributed by atoms with E-state index in [4.69, 9.17) is 4.74 Å². The standard InChI is InChI=1S/C22H34O/c1-3-19-11-13-20(14-12-19)9-7-5-6-8-10-21-15-17-22(18-16-21)23-4-2/h7-10,19-22H,3-4,11-18H2,1-2H3/t19-,20-,21-,22-. The summed E-state index contributed by atoms with van der Waals surface area (Å²) in [6.07, 6.45) is 21.1. The van der Waals surface area contributed by atoms with E-state index < -0.39 is 0 Å². The van der Waals surface area contributed by atoms with Crippen LogP contribution in [0.2, 0.25) is 0 Å². The summed E-state index contributed by atoms with van der Waals surface area (Å²) in [6, 6.07) is 0. The molecule has 0 radical (unpaired) electrons. The Hall–Kier alpha value is -1.00. The topological polar surface area (TPSA) is 9.23 Å². The number of rotatable bonds is 5. The van der Waals surface area contributed by atoms with Crippen molar-refractivity contribution in [2.75, 3.05) is 6.61 Å². The molecule has 0 unspecified atom stereocenters. The summed E-state index contributed by atoms with van der Waals surface area (Å²) >= 11 is 0. The normalized spacial score (nSPS) is 32.1. The van der Waals surface area contributed by atoms with Gasteiger partial charge in [0.25, 0.3) is 0 Å². The largest absolute Gasteiger partial charge is 0.379 e. The maximum absolute atomic E-state index is 5.70. The summed E-state index contributed by atoms with van der Waals surface area (Å²) in [5.74, 6) is 8.81. The Morgan fingerprint density at radius 1 is 0.783 bits per heavy atom. The SMILES string of the molecule is CCO[C@H]1CC[C@H](C=CC#CC=C[C@H]2CC[C@H](CC)CC2)CC1. The summed E-state index contributed by atoms with van der Waals surface area (Å²) in [5, 5.41) is 0. The molecule has 0 saturated heterocycles. The minimum Gasteiger partial charge on any atom is -0.379 e. The minimum atomic E-state index is 0.501. The van der Waals surface area contributed by atoms with Gasteiger partial charge in [-0.3, -0.25) is 0 Å². The lowest BCUT2D eigenvalue weighted by atomic mass is 9.81. The number of allylic oxidation sites excluding steroid dienone is 4. The molecule has 0 aliphatic heterocycles. The third-order valence-electron chi connectivity index (χ3n) is 5.58. The van der Waals surface area contributed by atoms with E-state index in [0.29, 0.717) is 12.0 Å². The molecule has 0 aromatic carbocycles. The first-order valence-corrected chi connectivity index (χ1v) is 9.77. The fourth-order valence-corrected chi connectivity index (χ4v) is 3.94. The molecule has 0 heterocycles. The average molecular weight is 315 g/mol. The van der Waals surface area contributed by atoms with E-state index in [9.17, 15) is 0 Å². The second kappa shape index (κ2) is 10.7. The van der Waals surface area contributed by atoms with Crippen molar-refractivity contribution in [2.45, 2.75) is 77.7 Å². The van der Waals surface area contributed by atoms with Crippen molar-refractivity contribution in [3.63, 3.8) is 0 Å². The zero-order valence-electron chi connectivity index (χ0n) is 15.1. The van der Waals surface area contributed by atoms with Crippen LogP contribution in [0.1, 0.15) is 71.6 Å². The van der Waals surface area contributed by atoms with Crippen LogP contribution in [0.15, 0.2) is 24.3 Å². The Morgan fingerprint density at radius 3 is 1.78 bits per heavy atom. The predicted molar refractivity (Wildman–Crippen MR) is 99.2 cm³/mol. The van der Waals surface area contributed by atoms with Gasteiger partial charge in [-0.05, 0) is 88.2 Å². The summed E-state index contributed by atoms with van der Waals surface area (Å²) < 4.78 is 5.70. The van der Waals surface area contributed by atoms with Crippen LogP contribution in [0.3, 0.4) is 0 Å². The number of hydrogen-bond donors (Lipinski definition) is 0. The van der Waals surface area contributed by atoms with Crippen molar-refractivity contribution in [3.8, 4) is 11.8 Å². The Morgan fingerprint density at radius 2 is 1.30 bits per heavy atom. The molecular weight excluding hydrogens is 280 g/mol. The van der Waals surface area contributed by atoms with Gasteiger partial charge in [-0.2, -0.15) is 0 Å². The van der Waals surface area contributed by atoms with Gasteiger partial charge >= 0.3 is 0 Å². The van der Waals surface area contributed by atoms with Crippen LogP contribution < -0.4 is 0 Å². The van der Waals surface area contributed by atoms with E-state index in [2.05, 4.69) is 50.0 Å². The molecule has 0 N–H and O–H groups in total. The molecule has 2 rings (SSSR count). The molecule has 128 valence electrons. The lowest BCUT2D eigenvalue weighted by molar-refractivity contribution is 0.0302. The van der Waals surface area contributed by atoms with Crippen molar-refractivity contribution in [1.82, 2.24) is 0 Å². The molecule has 2 aliphatic rings. The summed E-state index contributed by atoms with van der Waals surface area (Å²) in [6.45, 7) is 5.26. The Balaban J connectivity index is 1.63. The Kier molecular flexibility index (Phi) is 8.54. The number of hydrogen-bond acceptors (Lipinski definition) is 1. The van der Waals surface area contributed by atoms with Crippen LogP contribution in [0, 0.1) is 29.6 Å². The molecule has 0 spiro atoms. The van der Waals surface area contributed by atoms with Gasteiger partial charge in [-0.25, -0.2) is 0 Å². The Bertz CT molecular complexity index is 421. The molecule has 0 bridgehead atoms. The smallest absolute Gasteiger partial charge is 0.0575 e.